The predicted octanol–water partition coefficient (Wildman–Crippen LogP) is 3.91. The minimum absolute atomic E-state index is 0.195. The molecule has 3 fully saturated rings. The van der Waals surface area contributed by atoms with Crippen molar-refractivity contribution in [2.24, 2.45) is 5.41 Å². The lowest BCUT2D eigenvalue weighted by atomic mass is 9.78. The molecule has 1 aliphatic carbocycles. The van der Waals surface area contributed by atoms with Crippen LogP contribution >= 0.6 is 0 Å². The van der Waals surface area contributed by atoms with Gasteiger partial charge in [0.15, 0.2) is 0 Å². The van der Waals surface area contributed by atoms with E-state index in [1.165, 1.54) is 6.07 Å². The van der Waals surface area contributed by atoms with E-state index in [9.17, 15) is 19.1 Å². The molecule has 1 saturated carbocycles. The molecule has 32 heavy (non-hydrogen) atoms. The van der Waals surface area contributed by atoms with Crippen LogP contribution in [0.2, 0.25) is 0 Å². The highest BCUT2D eigenvalue weighted by atomic mass is 19.1. The van der Waals surface area contributed by atoms with Crippen LogP contribution in [0.3, 0.4) is 0 Å². The van der Waals surface area contributed by atoms with Crippen molar-refractivity contribution < 1.29 is 23.8 Å². The molecule has 176 valence electrons. The first-order valence-corrected chi connectivity index (χ1v) is 11.9. The SMILES string of the molecule is CCCOC(=O)Nc1ccc(N2CCC[C@@]3(CCN([C@H]4CC[C@H](O)CC4)C3=O)C2)c(F)c1. The molecule has 2 aliphatic heterocycles. The van der Waals surface area contributed by atoms with Gasteiger partial charge >= 0.3 is 6.09 Å². The zero-order valence-corrected chi connectivity index (χ0v) is 18.8. The first kappa shape index (κ1) is 22.8. The summed E-state index contributed by atoms with van der Waals surface area (Å²) in [5.74, 6) is -0.222. The zero-order valence-electron chi connectivity index (χ0n) is 18.8. The number of piperidine rings is 1. The minimum atomic E-state index is -0.595. The van der Waals surface area contributed by atoms with Crippen molar-refractivity contribution in [1.82, 2.24) is 4.90 Å². The first-order valence-electron chi connectivity index (χ1n) is 11.9. The number of halogens is 1. The van der Waals surface area contributed by atoms with E-state index in [4.69, 9.17) is 4.74 Å². The van der Waals surface area contributed by atoms with Gasteiger partial charge in [-0.3, -0.25) is 10.1 Å². The molecule has 4 rings (SSSR count). The van der Waals surface area contributed by atoms with Crippen LogP contribution in [0.15, 0.2) is 18.2 Å². The Morgan fingerprint density at radius 2 is 2.03 bits per heavy atom. The first-order chi connectivity index (χ1) is 15.4. The molecule has 0 aromatic heterocycles. The lowest BCUT2D eigenvalue weighted by Crippen LogP contribution is -2.50. The summed E-state index contributed by atoms with van der Waals surface area (Å²) in [5.41, 5.74) is 0.354. The van der Waals surface area contributed by atoms with Crippen molar-refractivity contribution >= 4 is 23.4 Å². The molecule has 1 spiro atoms. The van der Waals surface area contributed by atoms with E-state index in [0.717, 1.165) is 57.9 Å². The van der Waals surface area contributed by atoms with Gasteiger partial charge in [0.25, 0.3) is 0 Å². The largest absolute Gasteiger partial charge is 0.449 e. The maximum atomic E-state index is 15.0. The van der Waals surface area contributed by atoms with E-state index in [0.29, 0.717) is 31.1 Å². The summed E-state index contributed by atoms with van der Waals surface area (Å²) in [6.45, 7) is 4.18. The van der Waals surface area contributed by atoms with Crippen LogP contribution in [0.25, 0.3) is 0 Å². The van der Waals surface area contributed by atoms with Gasteiger partial charge in [-0.15, -0.1) is 0 Å². The molecule has 7 nitrogen and oxygen atoms in total. The smallest absolute Gasteiger partial charge is 0.411 e. The molecule has 1 atom stereocenters. The minimum Gasteiger partial charge on any atom is -0.449 e. The number of likely N-dealkylation sites (tertiary alicyclic amines) is 1. The van der Waals surface area contributed by atoms with Crippen molar-refractivity contribution in [2.75, 3.05) is 36.5 Å². The Hall–Kier alpha value is -2.35. The highest BCUT2D eigenvalue weighted by Crippen LogP contribution is 2.43. The van der Waals surface area contributed by atoms with Gasteiger partial charge in [0.1, 0.15) is 5.82 Å². The highest BCUT2D eigenvalue weighted by Gasteiger charge is 2.50. The van der Waals surface area contributed by atoms with Crippen LogP contribution in [-0.4, -0.2) is 60.4 Å². The number of rotatable bonds is 5. The van der Waals surface area contributed by atoms with E-state index in [-0.39, 0.29) is 18.1 Å². The average Bonchev–Trinajstić information content (AvgIpc) is 3.08. The Kier molecular flexibility index (Phi) is 6.88. The molecule has 0 unspecified atom stereocenters. The molecule has 2 heterocycles. The number of benzene rings is 1. The van der Waals surface area contributed by atoms with E-state index < -0.39 is 17.3 Å². The Bertz CT molecular complexity index is 843. The lowest BCUT2D eigenvalue weighted by molar-refractivity contribution is -0.139. The number of ether oxygens (including phenoxy) is 1. The van der Waals surface area contributed by atoms with Gasteiger partial charge in [-0.2, -0.15) is 0 Å². The van der Waals surface area contributed by atoms with E-state index in [1.807, 2.05) is 16.7 Å². The Morgan fingerprint density at radius 1 is 1.25 bits per heavy atom. The number of hydrogen-bond donors (Lipinski definition) is 2. The van der Waals surface area contributed by atoms with Crippen molar-refractivity contribution in [3.05, 3.63) is 24.0 Å². The number of aliphatic hydroxyl groups is 1. The van der Waals surface area contributed by atoms with Gasteiger partial charge in [-0.1, -0.05) is 6.92 Å². The normalized spacial score (nSPS) is 28.3. The number of anilines is 2. The summed E-state index contributed by atoms with van der Waals surface area (Å²) in [6, 6.07) is 4.86. The van der Waals surface area contributed by atoms with Gasteiger partial charge in [0.2, 0.25) is 5.91 Å². The van der Waals surface area contributed by atoms with Crippen LogP contribution in [0.1, 0.15) is 58.3 Å². The van der Waals surface area contributed by atoms with Crippen LogP contribution in [0, 0.1) is 11.2 Å². The maximum absolute atomic E-state index is 15.0. The monoisotopic (exact) mass is 447 g/mol. The van der Waals surface area contributed by atoms with Gasteiger partial charge in [0, 0.05) is 31.4 Å². The quantitative estimate of drug-likeness (QED) is 0.715. The zero-order chi connectivity index (χ0) is 22.7. The summed E-state index contributed by atoms with van der Waals surface area (Å²) in [7, 11) is 0. The lowest BCUT2D eigenvalue weighted by Gasteiger charge is -2.41. The van der Waals surface area contributed by atoms with Crippen molar-refractivity contribution in [3.63, 3.8) is 0 Å². The maximum Gasteiger partial charge on any atom is 0.411 e. The summed E-state index contributed by atoms with van der Waals surface area (Å²) in [4.78, 5) is 29.2. The Balaban J connectivity index is 1.42. The fourth-order valence-electron chi connectivity index (χ4n) is 5.47. The van der Waals surface area contributed by atoms with Crippen molar-refractivity contribution in [1.29, 1.82) is 0 Å². The molecule has 8 heteroatoms. The second kappa shape index (κ2) is 9.65. The number of carbonyl (C=O) groups excluding carboxylic acids is 2. The summed E-state index contributed by atoms with van der Waals surface area (Å²) >= 11 is 0. The number of amides is 2. The predicted molar refractivity (Wildman–Crippen MR) is 120 cm³/mol. The fourth-order valence-corrected chi connectivity index (χ4v) is 5.47. The molecule has 2 saturated heterocycles. The second-order valence-electron chi connectivity index (χ2n) is 9.44. The van der Waals surface area contributed by atoms with Gasteiger partial charge in [0.05, 0.1) is 23.8 Å². The third kappa shape index (κ3) is 4.70. The average molecular weight is 448 g/mol. The van der Waals surface area contributed by atoms with E-state index in [2.05, 4.69) is 5.32 Å². The van der Waals surface area contributed by atoms with Gasteiger partial charge in [-0.25, -0.2) is 9.18 Å². The van der Waals surface area contributed by atoms with Crippen LogP contribution in [0.4, 0.5) is 20.6 Å². The molecule has 2 amide bonds. The van der Waals surface area contributed by atoms with Crippen molar-refractivity contribution in [2.45, 2.75) is 70.4 Å². The highest BCUT2D eigenvalue weighted by molar-refractivity contribution is 5.87. The van der Waals surface area contributed by atoms with Gasteiger partial charge in [-0.05, 0) is 69.6 Å². The summed E-state index contributed by atoms with van der Waals surface area (Å²) in [5, 5.41) is 12.3. The number of nitrogens with zero attached hydrogens (tertiary/aromatic N) is 2. The molecule has 2 N–H and O–H groups in total. The number of nitrogens with one attached hydrogen (secondary N) is 1. The topological polar surface area (TPSA) is 82.1 Å². The Morgan fingerprint density at radius 3 is 2.75 bits per heavy atom. The van der Waals surface area contributed by atoms with Crippen LogP contribution in [0.5, 0.6) is 0 Å². The molecule has 0 bridgehead atoms. The Labute approximate surface area is 188 Å². The standard InChI is InChI=1S/C24H34FN3O4/c1-2-14-32-23(31)26-17-4-9-21(20(25)15-17)27-12-3-10-24(16-27)11-13-28(22(24)30)18-5-7-19(29)8-6-18/h4,9,15,18-19,29H,2-3,5-8,10-14,16H2,1H3,(H,26,31)/t18-,19-,24-/m1/s1. The van der Waals surface area contributed by atoms with E-state index >= 15 is 0 Å². The molecule has 3 aliphatic rings. The van der Waals surface area contributed by atoms with Crippen LogP contribution < -0.4 is 10.2 Å². The summed E-state index contributed by atoms with van der Waals surface area (Å²) < 4.78 is 19.9. The molecular weight excluding hydrogens is 413 g/mol. The second-order valence-corrected chi connectivity index (χ2v) is 9.44. The molecule has 0 radical (unpaired) electrons. The fraction of sp³-hybridized carbons (Fsp3) is 0.667. The number of aliphatic hydroxyl groups excluding tert-OH is 1. The van der Waals surface area contributed by atoms with Crippen LogP contribution in [-0.2, 0) is 9.53 Å². The number of hydrogen-bond acceptors (Lipinski definition) is 5. The third-order valence-corrected chi connectivity index (χ3v) is 7.20. The van der Waals surface area contributed by atoms with E-state index in [1.54, 1.807) is 12.1 Å². The molecule has 1 aromatic rings. The number of carbonyl (C=O) groups is 2. The van der Waals surface area contributed by atoms with Crippen molar-refractivity contribution in [3.8, 4) is 0 Å². The van der Waals surface area contributed by atoms with Gasteiger partial charge < -0.3 is 19.6 Å². The molecule has 1 aromatic carbocycles. The molecular formula is C24H34FN3O4. The third-order valence-electron chi connectivity index (χ3n) is 7.20. The summed E-state index contributed by atoms with van der Waals surface area (Å²) in [6.07, 6.45) is 5.58.